The molecule has 0 spiro atoms. The summed E-state index contributed by atoms with van der Waals surface area (Å²) in [6.45, 7) is 1.15. The van der Waals surface area contributed by atoms with E-state index in [9.17, 15) is 9.59 Å². The summed E-state index contributed by atoms with van der Waals surface area (Å²) in [5.41, 5.74) is 2.32. The molecule has 6 nitrogen and oxygen atoms in total. The lowest BCUT2D eigenvalue weighted by Gasteiger charge is -2.20. The number of hydrogen-bond donors (Lipinski definition) is 0. The molecule has 2 amide bonds. The van der Waals surface area contributed by atoms with Crippen molar-refractivity contribution >= 4 is 17.5 Å². The molecule has 6 heteroatoms. The smallest absolute Gasteiger partial charge is 0.253 e. The summed E-state index contributed by atoms with van der Waals surface area (Å²) in [4.78, 5) is 28.0. The number of nitrogens with zero attached hydrogens (tertiary/aromatic N) is 2. The Hall–Kier alpha value is -3.02. The second-order valence-corrected chi connectivity index (χ2v) is 6.53. The number of methoxy groups -OCH3 is 2. The highest BCUT2D eigenvalue weighted by Crippen LogP contribution is 2.26. The third-order valence-electron chi connectivity index (χ3n) is 4.75. The molecule has 0 bridgehead atoms. The number of rotatable bonds is 6. The Kier molecular flexibility index (Phi) is 5.64. The van der Waals surface area contributed by atoms with Crippen molar-refractivity contribution in [3.63, 3.8) is 0 Å². The molecular formula is C21H24N2O4. The fourth-order valence-electron chi connectivity index (χ4n) is 3.24. The second-order valence-electron chi connectivity index (χ2n) is 6.53. The maximum absolute atomic E-state index is 12.7. The van der Waals surface area contributed by atoms with Crippen LogP contribution in [0.15, 0.2) is 42.5 Å². The minimum Gasteiger partial charge on any atom is -0.497 e. The first-order valence-corrected chi connectivity index (χ1v) is 8.90. The van der Waals surface area contributed by atoms with E-state index in [0.717, 1.165) is 24.2 Å². The highest BCUT2D eigenvalue weighted by molar-refractivity contribution is 5.97. The van der Waals surface area contributed by atoms with Gasteiger partial charge < -0.3 is 19.3 Å². The van der Waals surface area contributed by atoms with Crippen LogP contribution in [0.1, 0.15) is 28.8 Å². The van der Waals surface area contributed by atoms with E-state index in [1.807, 2.05) is 24.3 Å². The number of benzene rings is 2. The van der Waals surface area contributed by atoms with Crippen molar-refractivity contribution in [2.75, 3.05) is 32.7 Å². The lowest BCUT2D eigenvalue weighted by atomic mass is 10.1. The average Bonchev–Trinajstić information content (AvgIpc) is 3.13. The van der Waals surface area contributed by atoms with Crippen molar-refractivity contribution in [1.82, 2.24) is 4.90 Å². The lowest BCUT2D eigenvalue weighted by molar-refractivity contribution is -0.117. The predicted octanol–water partition coefficient (Wildman–Crippen LogP) is 3.10. The summed E-state index contributed by atoms with van der Waals surface area (Å²) in [6, 6.07) is 12.7. The fourth-order valence-corrected chi connectivity index (χ4v) is 3.24. The Bertz CT molecular complexity index is 833. The number of hydrogen-bond acceptors (Lipinski definition) is 4. The van der Waals surface area contributed by atoms with Crippen molar-refractivity contribution in [2.45, 2.75) is 19.4 Å². The van der Waals surface area contributed by atoms with Gasteiger partial charge in [0.05, 0.1) is 14.2 Å². The molecule has 0 aliphatic carbocycles. The molecule has 1 aliphatic heterocycles. The molecule has 1 heterocycles. The monoisotopic (exact) mass is 368 g/mol. The van der Waals surface area contributed by atoms with Crippen molar-refractivity contribution in [2.24, 2.45) is 0 Å². The summed E-state index contributed by atoms with van der Waals surface area (Å²) in [5, 5.41) is 0. The van der Waals surface area contributed by atoms with Gasteiger partial charge in [-0.05, 0) is 42.8 Å². The normalized spacial score (nSPS) is 13.6. The minimum atomic E-state index is -0.0906. The highest BCUT2D eigenvalue weighted by atomic mass is 16.5. The SMILES string of the molecule is COc1ccc(CN(C)C(=O)c2ccc(N3CCCC3=O)cc2)c(OC)c1. The van der Waals surface area contributed by atoms with E-state index in [1.54, 1.807) is 49.3 Å². The molecule has 142 valence electrons. The van der Waals surface area contributed by atoms with Gasteiger partial charge in [0.25, 0.3) is 5.91 Å². The van der Waals surface area contributed by atoms with Gasteiger partial charge in [0.2, 0.25) is 5.91 Å². The first-order chi connectivity index (χ1) is 13.0. The second kappa shape index (κ2) is 8.12. The van der Waals surface area contributed by atoms with Gasteiger partial charge in [0.15, 0.2) is 0 Å². The van der Waals surface area contributed by atoms with Gasteiger partial charge in [-0.25, -0.2) is 0 Å². The van der Waals surface area contributed by atoms with Gasteiger partial charge in [-0.1, -0.05) is 0 Å². The third-order valence-corrected chi connectivity index (χ3v) is 4.75. The zero-order valence-corrected chi connectivity index (χ0v) is 15.9. The van der Waals surface area contributed by atoms with Crippen molar-refractivity contribution < 1.29 is 19.1 Å². The number of ether oxygens (including phenoxy) is 2. The van der Waals surface area contributed by atoms with Crippen LogP contribution in [-0.2, 0) is 11.3 Å². The minimum absolute atomic E-state index is 0.0906. The van der Waals surface area contributed by atoms with E-state index in [0.29, 0.717) is 30.0 Å². The molecule has 1 saturated heterocycles. The molecule has 0 aromatic heterocycles. The van der Waals surface area contributed by atoms with E-state index in [1.165, 1.54) is 0 Å². The van der Waals surface area contributed by atoms with Gasteiger partial charge in [-0.3, -0.25) is 9.59 Å². The van der Waals surface area contributed by atoms with Crippen LogP contribution in [0, 0.1) is 0 Å². The van der Waals surface area contributed by atoms with E-state index < -0.39 is 0 Å². The van der Waals surface area contributed by atoms with Crippen LogP contribution < -0.4 is 14.4 Å². The summed E-state index contributed by atoms with van der Waals surface area (Å²) in [7, 11) is 4.95. The lowest BCUT2D eigenvalue weighted by Crippen LogP contribution is -2.27. The molecule has 0 N–H and O–H groups in total. The van der Waals surface area contributed by atoms with Crippen LogP contribution in [0.25, 0.3) is 0 Å². The largest absolute Gasteiger partial charge is 0.497 e. The van der Waals surface area contributed by atoms with Crippen LogP contribution in [0.4, 0.5) is 5.69 Å². The summed E-state index contributed by atoms with van der Waals surface area (Å²) in [5.74, 6) is 1.43. The first kappa shape index (κ1) is 18.8. The van der Waals surface area contributed by atoms with Gasteiger partial charge >= 0.3 is 0 Å². The first-order valence-electron chi connectivity index (χ1n) is 8.90. The zero-order valence-electron chi connectivity index (χ0n) is 15.9. The topological polar surface area (TPSA) is 59.1 Å². The van der Waals surface area contributed by atoms with Crippen molar-refractivity contribution in [1.29, 1.82) is 0 Å². The van der Waals surface area contributed by atoms with E-state index >= 15 is 0 Å². The van der Waals surface area contributed by atoms with Crippen LogP contribution in [0.2, 0.25) is 0 Å². The molecule has 2 aromatic rings. The third kappa shape index (κ3) is 4.05. The van der Waals surface area contributed by atoms with Gasteiger partial charge in [-0.15, -0.1) is 0 Å². The molecule has 3 rings (SSSR count). The van der Waals surface area contributed by atoms with Crippen LogP contribution in [-0.4, -0.2) is 44.5 Å². The molecule has 0 saturated carbocycles. The highest BCUT2D eigenvalue weighted by Gasteiger charge is 2.22. The Morgan fingerprint density at radius 1 is 1.11 bits per heavy atom. The van der Waals surface area contributed by atoms with Crippen LogP contribution in [0.5, 0.6) is 11.5 Å². The van der Waals surface area contributed by atoms with Gasteiger partial charge in [0.1, 0.15) is 11.5 Å². The molecule has 27 heavy (non-hydrogen) atoms. The van der Waals surface area contributed by atoms with Crippen LogP contribution >= 0.6 is 0 Å². The fraction of sp³-hybridized carbons (Fsp3) is 0.333. The molecule has 1 fully saturated rings. The standard InChI is InChI=1S/C21H24N2O4/c1-22(14-16-8-11-18(26-2)13-19(16)27-3)21(25)15-6-9-17(10-7-15)23-12-4-5-20(23)24/h6-11,13H,4-5,12,14H2,1-3H3. The zero-order chi connectivity index (χ0) is 19.4. The maximum atomic E-state index is 12.7. The molecule has 1 aliphatic rings. The Morgan fingerprint density at radius 3 is 2.44 bits per heavy atom. The van der Waals surface area contributed by atoms with Crippen molar-refractivity contribution in [3.05, 3.63) is 53.6 Å². The number of amides is 2. The molecule has 2 aromatic carbocycles. The van der Waals surface area contributed by atoms with Crippen LogP contribution in [0.3, 0.4) is 0 Å². The quantitative estimate of drug-likeness (QED) is 0.786. The van der Waals surface area contributed by atoms with E-state index in [2.05, 4.69) is 0 Å². The summed E-state index contributed by atoms with van der Waals surface area (Å²) < 4.78 is 10.6. The molecule has 0 unspecified atom stereocenters. The average molecular weight is 368 g/mol. The van der Waals surface area contributed by atoms with E-state index in [4.69, 9.17) is 9.47 Å². The number of carbonyl (C=O) groups excluding carboxylic acids is 2. The maximum Gasteiger partial charge on any atom is 0.253 e. The van der Waals surface area contributed by atoms with Crippen molar-refractivity contribution in [3.8, 4) is 11.5 Å². The number of anilines is 1. The van der Waals surface area contributed by atoms with E-state index in [-0.39, 0.29) is 11.8 Å². The predicted molar refractivity (Wildman–Crippen MR) is 103 cm³/mol. The summed E-state index contributed by atoms with van der Waals surface area (Å²) >= 11 is 0. The Morgan fingerprint density at radius 2 is 1.85 bits per heavy atom. The summed E-state index contributed by atoms with van der Waals surface area (Å²) in [6.07, 6.45) is 1.47. The number of carbonyl (C=O) groups is 2. The Labute approximate surface area is 159 Å². The Balaban J connectivity index is 1.71. The molecule has 0 atom stereocenters. The van der Waals surface area contributed by atoms with Gasteiger partial charge in [-0.2, -0.15) is 0 Å². The molecular weight excluding hydrogens is 344 g/mol. The molecule has 0 radical (unpaired) electrons. The van der Waals surface area contributed by atoms with Gasteiger partial charge in [0, 0.05) is 49.4 Å².